The molecule has 21 heavy (non-hydrogen) atoms. The average Bonchev–Trinajstić information content (AvgIpc) is 2.53. The standard InChI is InChI=1S/C19H20O2/c1-2-21-19(20)15-18(17-11-7-4-8-12-17)14-13-16-9-5-3-6-10-16/h3-12,15H,2,13-14H2,1H3. The van der Waals surface area contributed by atoms with Gasteiger partial charge in [-0.05, 0) is 36.5 Å². The van der Waals surface area contributed by atoms with Gasteiger partial charge in [0.05, 0.1) is 6.61 Å². The van der Waals surface area contributed by atoms with Crippen LogP contribution in [0.1, 0.15) is 24.5 Å². The van der Waals surface area contributed by atoms with E-state index >= 15 is 0 Å². The maximum atomic E-state index is 11.7. The van der Waals surface area contributed by atoms with Crippen molar-refractivity contribution in [3.05, 3.63) is 77.9 Å². The van der Waals surface area contributed by atoms with Crippen molar-refractivity contribution >= 4 is 11.5 Å². The molecule has 0 radical (unpaired) electrons. The lowest BCUT2D eigenvalue weighted by Gasteiger charge is -2.08. The van der Waals surface area contributed by atoms with Crippen molar-refractivity contribution in [2.24, 2.45) is 0 Å². The van der Waals surface area contributed by atoms with Gasteiger partial charge < -0.3 is 4.74 Å². The normalized spacial score (nSPS) is 11.2. The number of aryl methyl sites for hydroxylation is 1. The summed E-state index contributed by atoms with van der Waals surface area (Å²) in [5, 5.41) is 0. The fourth-order valence-corrected chi connectivity index (χ4v) is 2.20. The minimum atomic E-state index is -0.274. The Balaban J connectivity index is 2.14. The summed E-state index contributed by atoms with van der Waals surface area (Å²) in [4.78, 5) is 11.7. The number of esters is 1. The Morgan fingerprint density at radius 2 is 1.62 bits per heavy atom. The third kappa shape index (κ3) is 4.92. The van der Waals surface area contributed by atoms with E-state index in [2.05, 4.69) is 12.1 Å². The molecule has 0 saturated heterocycles. The highest BCUT2D eigenvalue weighted by atomic mass is 16.5. The number of hydrogen-bond acceptors (Lipinski definition) is 2. The zero-order chi connectivity index (χ0) is 14.9. The highest BCUT2D eigenvalue weighted by Gasteiger charge is 2.06. The van der Waals surface area contributed by atoms with Crippen LogP contribution in [0, 0.1) is 0 Å². The zero-order valence-corrected chi connectivity index (χ0v) is 12.3. The number of ether oxygens (including phenoxy) is 1. The van der Waals surface area contributed by atoms with Crippen LogP contribution in [0.3, 0.4) is 0 Å². The van der Waals surface area contributed by atoms with E-state index in [0.717, 1.165) is 24.0 Å². The second-order valence-electron chi connectivity index (χ2n) is 4.77. The summed E-state index contributed by atoms with van der Waals surface area (Å²) in [5.74, 6) is -0.274. The molecule has 2 aromatic rings. The highest BCUT2D eigenvalue weighted by Crippen LogP contribution is 2.20. The topological polar surface area (TPSA) is 26.3 Å². The zero-order valence-electron chi connectivity index (χ0n) is 12.3. The summed E-state index contributed by atoms with van der Waals surface area (Å²) < 4.78 is 5.03. The van der Waals surface area contributed by atoms with Gasteiger partial charge in [0.1, 0.15) is 0 Å². The van der Waals surface area contributed by atoms with E-state index in [0.29, 0.717) is 6.61 Å². The monoisotopic (exact) mass is 280 g/mol. The molecule has 0 N–H and O–H groups in total. The molecule has 2 nitrogen and oxygen atoms in total. The summed E-state index contributed by atoms with van der Waals surface area (Å²) in [6.07, 6.45) is 3.33. The molecule has 0 aliphatic heterocycles. The first kappa shape index (κ1) is 15.0. The van der Waals surface area contributed by atoms with Crippen LogP contribution in [-0.2, 0) is 16.0 Å². The van der Waals surface area contributed by atoms with Gasteiger partial charge in [0, 0.05) is 6.08 Å². The fraction of sp³-hybridized carbons (Fsp3) is 0.211. The van der Waals surface area contributed by atoms with Crippen LogP contribution in [0.15, 0.2) is 66.7 Å². The fourth-order valence-electron chi connectivity index (χ4n) is 2.20. The van der Waals surface area contributed by atoms with Gasteiger partial charge in [0.2, 0.25) is 0 Å². The van der Waals surface area contributed by atoms with Gasteiger partial charge in [0.15, 0.2) is 0 Å². The smallest absolute Gasteiger partial charge is 0.331 e. The Kier molecular flexibility index (Phi) is 5.77. The van der Waals surface area contributed by atoms with Crippen molar-refractivity contribution in [2.75, 3.05) is 6.61 Å². The maximum absolute atomic E-state index is 11.7. The molecule has 0 atom stereocenters. The number of carbonyl (C=O) groups is 1. The molecule has 108 valence electrons. The van der Waals surface area contributed by atoms with Gasteiger partial charge in [0.25, 0.3) is 0 Å². The number of carbonyl (C=O) groups excluding carboxylic acids is 1. The summed E-state index contributed by atoms with van der Waals surface area (Å²) >= 11 is 0. The summed E-state index contributed by atoms with van der Waals surface area (Å²) in [5.41, 5.74) is 3.35. The van der Waals surface area contributed by atoms with Crippen molar-refractivity contribution in [1.29, 1.82) is 0 Å². The molecule has 0 amide bonds. The lowest BCUT2D eigenvalue weighted by molar-refractivity contribution is -0.137. The van der Waals surface area contributed by atoms with E-state index in [1.165, 1.54) is 5.56 Å². The molecule has 0 spiro atoms. The molecule has 2 heteroatoms. The predicted octanol–water partition coefficient (Wildman–Crippen LogP) is 4.27. The van der Waals surface area contributed by atoms with E-state index < -0.39 is 0 Å². The molecule has 0 aliphatic rings. The van der Waals surface area contributed by atoms with Gasteiger partial charge in [-0.2, -0.15) is 0 Å². The predicted molar refractivity (Wildman–Crippen MR) is 85.8 cm³/mol. The Labute approximate surface area is 126 Å². The maximum Gasteiger partial charge on any atom is 0.331 e. The number of benzene rings is 2. The lowest BCUT2D eigenvalue weighted by Crippen LogP contribution is -2.01. The Bertz CT molecular complexity index is 585. The van der Waals surface area contributed by atoms with Crippen molar-refractivity contribution in [3.63, 3.8) is 0 Å². The van der Waals surface area contributed by atoms with Crippen LogP contribution < -0.4 is 0 Å². The van der Waals surface area contributed by atoms with E-state index in [9.17, 15) is 4.79 Å². The van der Waals surface area contributed by atoms with Crippen molar-refractivity contribution < 1.29 is 9.53 Å². The largest absolute Gasteiger partial charge is 0.463 e. The molecule has 0 aromatic heterocycles. The summed E-state index contributed by atoms with van der Waals surface area (Å²) in [6.45, 7) is 2.22. The van der Waals surface area contributed by atoms with E-state index in [1.807, 2.05) is 55.5 Å². The molecular formula is C19H20O2. The van der Waals surface area contributed by atoms with E-state index in [-0.39, 0.29) is 5.97 Å². The van der Waals surface area contributed by atoms with E-state index in [4.69, 9.17) is 4.74 Å². The van der Waals surface area contributed by atoms with Crippen LogP contribution in [0.4, 0.5) is 0 Å². The Morgan fingerprint density at radius 1 is 1.00 bits per heavy atom. The first-order valence-electron chi connectivity index (χ1n) is 7.26. The quantitative estimate of drug-likeness (QED) is 0.583. The van der Waals surface area contributed by atoms with Crippen molar-refractivity contribution in [1.82, 2.24) is 0 Å². The van der Waals surface area contributed by atoms with Crippen molar-refractivity contribution in [2.45, 2.75) is 19.8 Å². The second kappa shape index (κ2) is 8.05. The minimum absolute atomic E-state index is 0.274. The van der Waals surface area contributed by atoms with Crippen LogP contribution in [0.25, 0.3) is 5.57 Å². The number of allylic oxidation sites excluding steroid dienone is 1. The molecule has 0 unspecified atom stereocenters. The SMILES string of the molecule is CCOC(=O)C=C(CCc1ccccc1)c1ccccc1. The molecular weight excluding hydrogens is 260 g/mol. The van der Waals surface area contributed by atoms with Crippen LogP contribution >= 0.6 is 0 Å². The van der Waals surface area contributed by atoms with Gasteiger partial charge >= 0.3 is 5.97 Å². The van der Waals surface area contributed by atoms with Crippen LogP contribution in [0.5, 0.6) is 0 Å². The number of hydrogen-bond donors (Lipinski definition) is 0. The third-order valence-electron chi connectivity index (χ3n) is 3.25. The van der Waals surface area contributed by atoms with Crippen LogP contribution in [0.2, 0.25) is 0 Å². The van der Waals surface area contributed by atoms with Gasteiger partial charge in [-0.3, -0.25) is 0 Å². The van der Waals surface area contributed by atoms with Gasteiger partial charge in [-0.15, -0.1) is 0 Å². The molecule has 0 saturated carbocycles. The van der Waals surface area contributed by atoms with Crippen molar-refractivity contribution in [3.8, 4) is 0 Å². The lowest BCUT2D eigenvalue weighted by atomic mass is 9.98. The molecule has 0 aliphatic carbocycles. The third-order valence-corrected chi connectivity index (χ3v) is 3.25. The minimum Gasteiger partial charge on any atom is -0.463 e. The number of rotatable bonds is 6. The van der Waals surface area contributed by atoms with Gasteiger partial charge in [-0.1, -0.05) is 60.7 Å². The molecule has 2 rings (SSSR count). The summed E-state index contributed by atoms with van der Waals surface area (Å²) in [6, 6.07) is 20.3. The van der Waals surface area contributed by atoms with Crippen LogP contribution in [-0.4, -0.2) is 12.6 Å². The first-order valence-corrected chi connectivity index (χ1v) is 7.26. The molecule has 0 fully saturated rings. The second-order valence-corrected chi connectivity index (χ2v) is 4.77. The highest BCUT2D eigenvalue weighted by molar-refractivity contribution is 5.91. The first-order chi connectivity index (χ1) is 10.3. The van der Waals surface area contributed by atoms with E-state index in [1.54, 1.807) is 6.08 Å². The average molecular weight is 280 g/mol. The molecule has 0 heterocycles. The summed E-state index contributed by atoms with van der Waals surface area (Å²) in [7, 11) is 0. The van der Waals surface area contributed by atoms with Gasteiger partial charge in [-0.25, -0.2) is 4.79 Å². The Morgan fingerprint density at radius 3 is 2.24 bits per heavy atom. The molecule has 0 bridgehead atoms. The Hall–Kier alpha value is -2.35. The molecule has 2 aromatic carbocycles.